The van der Waals surface area contributed by atoms with Crippen LogP contribution in [0.3, 0.4) is 0 Å². The Morgan fingerprint density at radius 3 is 2.62 bits per heavy atom. The number of nitrogens with zero attached hydrogens (tertiary/aromatic N) is 1. The van der Waals surface area contributed by atoms with E-state index in [1.165, 1.54) is 4.90 Å². The molecular weight excluding hydrogens is 356 g/mol. The van der Waals surface area contributed by atoms with Crippen molar-refractivity contribution in [1.29, 1.82) is 0 Å². The van der Waals surface area contributed by atoms with E-state index in [2.05, 4.69) is 24.5 Å². The van der Waals surface area contributed by atoms with E-state index in [-0.39, 0.29) is 55.6 Å². The standard InChI is InChI=1S/C18H26N4O3.ClH/c1-12(2)9-13(10-19)20-16(23)7-8-18(25)22-11-17(24)21-14-5-3-4-6-15(14)22;/h3-6,12-13H,7-11,19H2,1-2H3,(H,20,23)(H,21,24);1H. The summed E-state index contributed by atoms with van der Waals surface area (Å²) in [6, 6.07) is 7.05. The van der Waals surface area contributed by atoms with Crippen LogP contribution in [0.4, 0.5) is 11.4 Å². The lowest BCUT2D eigenvalue weighted by molar-refractivity contribution is -0.126. The van der Waals surface area contributed by atoms with E-state index in [1.54, 1.807) is 24.3 Å². The zero-order chi connectivity index (χ0) is 18.4. The molecule has 26 heavy (non-hydrogen) atoms. The fourth-order valence-electron chi connectivity index (χ4n) is 2.89. The first-order valence-corrected chi connectivity index (χ1v) is 8.59. The first kappa shape index (κ1) is 21.9. The van der Waals surface area contributed by atoms with Crippen molar-refractivity contribution in [3.05, 3.63) is 24.3 Å². The van der Waals surface area contributed by atoms with Crippen LogP contribution in [0, 0.1) is 5.92 Å². The number of halogens is 1. The van der Waals surface area contributed by atoms with Gasteiger partial charge in [0.25, 0.3) is 0 Å². The normalized spacial score (nSPS) is 14.2. The van der Waals surface area contributed by atoms with Gasteiger partial charge >= 0.3 is 0 Å². The minimum absolute atomic E-state index is 0. The van der Waals surface area contributed by atoms with Gasteiger partial charge in [-0.3, -0.25) is 14.4 Å². The van der Waals surface area contributed by atoms with Gasteiger partial charge in [-0.25, -0.2) is 0 Å². The maximum atomic E-state index is 12.5. The molecule has 1 aromatic carbocycles. The average Bonchev–Trinajstić information content (AvgIpc) is 2.57. The number of anilines is 2. The Bertz CT molecular complexity index is 651. The number of amides is 3. The molecule has 0 aromatic heterocycles. The van der Waals surface area contributed by atoms with Gasteiger partial charge in [-0.2, -0.15) is 0 Å². The minimum atomic E-state index is -0.245. The molecule has 0 radical (unpaired) electrons. The van der Waals surface area contributed by atoms with E-state index in [4.69, 9.17) is 5.73 Å². The highest BCUT2D eigenvalue weighted by molar-refractivity contribution is 6.10. The molecule has 1 aliphatic heterocycles. The molecule has 0 saturated carbocycles. The Morgan fingerprint density at radius 1 is 1.27 bits per heavy atom. The van der Waals surface area contributed by atoms with Crippen LogP contribution in [0.1, 0.15) is 33.1 Å². The summed E-state index contributed by atoms with van der Waals surface area (Å²) in [5.41, 5.74) is 6.94. The van der Waals surface area contributed by atoms with Crippen LogP contribution in [0.25, 0.3) is 0 Å². The molecule has 2 rings (SSSR count). The molecule has 0 spiro atoms. The molecule has 3 amide bonds. The Labute approximate surface area is 160 Å². The monoisotopic (exact) mass is 382 g/mol. The summed E-state index contributed by atoms with van der Waals surface area (Å²) in [4.78, 5) is 37.8. The second kappa shape index (κ2) is 10.1. The summed E-state index contributed by atoms with van der Waals surface area (Å²) in [5.74, 6) is -0.250. The number of nitrogens with two attached hydrogens (primary N) is 1. The SMILES string of the molecule is CC(C)CC(CN)NC(=O)CCC(=O)N1CC(=O)Nc2ccccc21.Cl. The van der Waals surface area contributed by atoms with Gasteiger partial charge in [0, 0.05) is 25.4 Å². The lowest BCUT2D eigenvalue weighted by atomic mass is 10.0. The fourth-order valence-corrected chi connectivity index (χ4v) is 2.89. The van der Waals surface area contributed by atoms with Gasteiger partial charge in [0.05, 0.1) is 11.4 Å². The van der Waals surface area contributed by atoms with Crippen LogP contribution in [0.15, 0.2) is 24.3 Å². The van der Waals surface area contributed by atoms with E-state index in [1.807, 2.05) is 0 Å². The molecule has 0 bridgehead atoms. The zero-order valence-electron chi connectivity index (χ0n) is 15.2. The number of para-hydroxylation sites is 2. The number of benzene rings is 1. The van der Waals surface area contributed by atoms with Crippen molar-refractivity contribution in [2.45, 2.75) is 39.2 Å². The van der Waals surface area contributed by atoms with Crippen molar-refractivity contribution in [2.75, 3.05) is 23.3 Å². The molecule has 8 heteroatoms. The first-order valence-electron chi connectivity index (χ1n) is 8.59. The molecule has 1 aromatic rings. The quantitative estimate of drug-likeness (QED) is 0.667. The highest BCUT2D eigenvalue weighted by atomic mass is 35.5. The predicted molar refractivity (Wildman–Crippen MR) is 104 cm³/mol. The second-order valence-corrected chi connectivity index (χ2v) is 6.67. The Balaban J connectivity index is 0.00000338. The molecule has 144 valence electrons. The van der Waals surface area contributed by atoms with Gasteiger partial charge in [-0.15, -0.1) is 12.4 Å². The second-order valence-electron chi connectivity index (χ2n) is 6.67. The van der Waals surface area contributed by atoms with Gasteiger partial charge in [0.1, 0.15) is 6.54 Å². The maximum absolute atomic E-state index is 12.5. The Morgan fingerprint density at radius 2 is 1.96 bits per heavy atom. The summed E-state index contributed by atoms with van der Waals surface area (Å²) in [5, 5.41) is 5.61. The predicted octanol–water partition coefficient (Wildman–Crippen LogP) is 1.66. The number of fused-ring (bicyclic) bond motifs is 1. The summed E-state index contributed by atoms with van der Waals surface area (Å²) >= 11 is 0. The van der Waals surface area contributed by atoms with Crippen LogP contribution in [-0.4, -0.2) is 36.9 Å². The number of hydrogen-bond donors (Lipinski definition) is 3. The van der Waals surface area contributed by atoms with Crippen LogP contribution in [0.5, 0.6) is 0 Å². The number of carbonyl (C=O) groups excluding carboxylic acids is 3. The summed E-state index contributed by atoms with van der Waals surface area (Å²) in [6.45, 7) is 4.47. The van der Waals surface area contributed by atoms with E-state index in [0.717, 1.165) is 6.42 Å². The molecule has 0 saturated heterocycles. The maximum Gasteiger partial charge on any atom is 0.244 e. The van der Waals surface area contributed by atoms with Crippen LogP contribution >= 0.6 is 12.4 Å². The smallest absolute Gasteiger partial charge is 0.244 e. The number of carbonyl (C=O) groups is 3. The summed E-state index contributed by atoms with van der Waals surface area (Å²) in [6.07, 6.45) is 0.927. The van der Waals surface area contributed by atoms with E-state index < -0.39 is 0 Å². The third kappa shape index (κ3) is 6.00. The topological polar surface area (TPSA) is 105 Å². The van der Waals surface area contributed by atoms with Crippen LogP contribution < -0.4 is 21.3 Å². The van der Waals surface area contributed by atoms with Gasteiger partial charge in [0.15, 0.2) is 0 Å². The minimum Gasteiger partial charge on any atom is -0.352 e. The summed E-state index contributed by atoms with van der Waals surface area (Å²) in [7, 11) is 0. The zero-order valence-corrected chi connectivity index (χ0v) is 16.0. The van der Waals surface area contributed by atoms with Crippen molar-refractivity contribution in [2.24, 2.45) is 11.7 Å². The molecule has 1 unspecified atom stereocenters. The van der Waals surface area contributed by atoms with E-state index in [0.29, 0.717) is 23.8 Å². The van der Waals surface area contributed by atoms with Gasteiger partial charge in [-0.05, 0) is 24.5 Å². The fraction of sp³-hybridized carbons (Fsp3) is 0.500. The van der Waals surface area contributed by atoms with Crippen molar-refractivity contribution in [1.82, 2.24) is 5.32 Å². The van der Waals surface area contributed by atoms with E-state index in [9.17, 15) is 14.4 Å². The average molecular weight is 383 g/mol. The molecule has 4 N–H and O–H groups in total. The van der Waals surface area contributed by atoms with Crippen molar-refractivity contribution >= 4 is 41.5 Å². The Hall–Kier alpha value is -2.12. The molecular formula is C18H27ClN4O3. The summed E-state index contributed by atoms with van der Waals surface area (Å²) < 4.78 is 0. The van der Waals surface area contributed by atoms with Crippen molar-refractivity contribution < 1.29 is 14.4 Å². The highest BCUT2D eigenvalue weighted by Gasteiger charge is 2.26. The molecule has 1 heterocycles. The van der Waals surface area contributed by atoms with Crippen LogP contribution in [-0.2, 0) is 14.4 Å². The molecule has 1 aliphatic rings. The van der Waals surface area contributed by atoms with Gasteiger partial charge < -0.3 is 21.3 Å². The molecule has 7 nitrogen and oxygen atoms in total. The first-order chi connectivity index (χ1) is 11.9. The van der Waals surface area contributed by atoms with E-state index >= 15 is 0 Å². The number of nitrogens with one attached hydrogen (secondary N) is 2. The van der Waals surface area contributed by atoms with Gasteiger partial charge in [-0.1, -0.05) is 26.0 Å². The lowest BCUT2D eigenvalue weighted by Crippen LogP contribution is -2.43. The Kier molecular flexibility index (Phi) is 8.54. The third-order valence-corrected chi connectivity index (χ3v) is 4.04. The molecule has 1 atom stereocenters. The highest BCUT2D eigenvalue weighted by Crippen LogP contribution is 2.29. The van der Waals surface area contributed by atoms with Crippen molar-refractivity contribution in [3.8, 4) is 0 Å². The molecule has 0 aliphatic carbocycles. The van der Waals surface area contributed by atoms with Crippen molar-refractivity contribution in [3.63, 3.8) is 0 Å². The third-order valence-electron chi connectivity index (χ3n) is 4.04. The lowest BCUT2D eigenvalue weighted by Gasteiger charge is -2.29. The van der Waals surface area contributed by atoms with Crippen LogP contribution in [0.2, 0.25) is 0 Å². The number of rotatable bonds is 7. The molecule has 0 fully saturated rings. The van der Waals surface area contributed by atoms with Gasteiger partial charge in [0.2, 0.25) is 17.7 Å². The largest absolute Gasteiger partial charge is 0.352 e. The number of hydrogen-bond acceptors (Lipinski definition) is 4.